The molecule has 24 heavy (non-hydrogen) atoms. The van der Waals surface area contributed by atoms with Gasteiger partial charge in [0, 0.05) is 6.42 Å². The van der Waals surface area contributed by atoms with Gasteiger partial charge in [0.05, 0.1) is 6.61 Å². The molecule has 0 saturated heterocycles. The van der Waals surface area contributed by atoms with Crippen LogP contribution in [0.3, 0.4) is 0 Å². The van der Waals surface area contributed by atoms with Gasteiger partial charge in [-0.05, 0) is 55.0 Å². The zero-order valence-electron chi connectivity index (χ0n) is 14.8. The molecule has 0 N–H and O–H groups in total. The third-order valence-corrected chi connectivity index (χ3v) is 4.04. The van der Waals surface area contributed by atoms with E-state index in [9.17, 15) is 4.79 Å². The first kappa shape index (κ1) is 18.1. The number of esters is 1. The average molecular weight is 326 g/mol. The van der Waals surface area contributed by atoms with Crippen molar-refractivity contribution in [2.75, 3.05) is 6.61 Å². The zero-order valence-corrected chi connectivity index (χ0v) is 14.8. The molecule has 0 aromatic heterocycles. The molecule has 0 aliphatic carbocycles. The van der Waals surface area contributed by atoms with Crippen LogP contribution in [0.25, 0.3) is 0 Å². The number of rotatable bonds is 8. The monoisotopic (exact) mass is 326 g/mol. The van der Waals surface area contributed by atoms with Crippen molar-refractivity contribution in [2.45, 2.75) is 46.5 Å². The summed E-state index contributed by atoms with van der Waals surface area (Å²) in [6, 6.07) is 14.0. The molecule has 2 rings (SSSR count). The molecular formula is C21H26O3. The number of carbonyl (C=O) groups is 1. The fourth-order valence-electron chi connectivity index (χ4n) is 2.68. The van der Waals surface area contributed by atoms with Crippen molar-refractivity contribution in [2.24, 2.45) is 0 Å². The summed E-state index contributed by atoms with van der Waals surface area (Å²) in [7, 11) is 0. The summed E-state index contributed by atoms with van der Waals surface area (Å²) in [5.41, 5.74) is 3.66. The van der Waals surface area contributed by atoms with Crippen molar-refractivity contribution < 1.29 is 14.3 Å². The number of carbonyl (C=O) groups excluding carboxylic acids is 1. The second kappa shape index (κ2) is 9.11. The van der Waals surface area contributed by atoms with Crippen LogP contribution in [0.1, 0.15) is 43.9 Å². The smallest absolute Gasteiger partial charge is 0.311 e. The molecule has 0 spiro atoms. The van der Waals surface area contributed by atoms with Crippen LogP contribution in [0.4, 0.5) is 0 Å². The predicted molar refractivity (Wildman–Crippen MR) is 96.8 cm³/mol. The van der Waals surface area contributed by atoms with Crippen LogP contribution in [0.2, 0.25) is 0 Å². The molecule has 3 nitrogen and oxygen atoms in total. The Morgan fingerprint density at radius 2 is 1.67 bits per heavy atom. The number of hydrogen-bond acceptors (Lipinski definition) is 3. The lowest BCUT2D eigenvalue weighted by molar-refractivity contribution is -0.134. The van der Waals surface area contributed by atoms with E-state index in [1.807, 2.05) is 37.3 Å². The van der Waals surface area contributed by atoms with Crippen molar-refractivity contribution in [1.29, 1.82) is 0 Å². The van der Waals surface area contributed by atoms with Crippen molar-refractivity contribution in [3.8, 4) is 11.5 Å². The van der Waals surface area contributed by atoms with E-state index < -0.39 is 0 Å². The molecule has 128 valence electrons. The number of aryl methyl sites for hydroxylation is 3. The molecule has 0 aliphatic heterocycles. The Labute approximate surface area is 144 Å². The summed E-state index contributed by atoms with van der Waals surface area (Å²) >= 11 is 0. The van der Waals surface area contributed by atoms with Gasteiger partial charge in [-0.25, -0.2) is 0 Å². The van der Waals surface area contributed by atoms with E-state index in [4.69, 9.17) is 9.47 Å². The molecule has 0 atom stereocenters. The maximum atomic E-state index is 12.2. The van der Waals surface area contributed by atoms with Gasteiger partial charge in [0.2, 0.25) is 0 Å². The van der Waals surface area contributed by atoms with E-state index in [-0.39, 0.29) is 5.97 Å². The first-order valence-electron chi connectivity index (χ1n) is 8.71. The number of hydrogen-bond donors (Lipinski definition) is 0. The summed E-state index contributed by atoms with van der Waals surface area (Å²) in [6.45, 7) is 6.68. The van der Waals surface area contributed by atoms with E-state index >= 15 is 0 Å². The van der Waals surface area contributed by atoms with Gasteiger partial charge in [0.25, 0.3) is 0 Å². The number of benzene rings is 2. The number of ether oxygens (including phenoxy) is 2. The van der Waals surface area contributed by atoms with E-state index in [0.29, 0.717) is 30.9 Å². The van der Waals surface area contributed by atoms with E-state index in [1.165, 1.54) is 11.1 Å². The lowest BCUT2D eigenvalue weighted by atomic mass is 10.0. The predicted octanol–water partition coefficient (Wildman–Crippen LogP) is 4.75. The highest BCUT2D eigenvalue weighted by molar-refractivity contribution is 5.73. The van der Waals surface area contributed by atoms with Gasteiger partial charge in [-0.1, -0.05) is 44.2 Å². The summed E-state index contributed by atoms with van der Waals surface area (Å²) in [6.07, 6.45) is 2.94. The van der Waals surface area contributed by atoms with Gasteiger partial charge in [-0.2, -0.15) is 0 Å². The lowest BCUT2D eigenvalue weighted by Crippen LogP contribution is -2.11. The summed E-state index contributed by atoms with van der Waals surface area (Å²) in [4.78, 5) is 12.2. The fraction of sp³-hybridized carbons (Fsp3) is 0.381. The molecule has 0 radical (unpaired) electrons. The van der Waals surface area contributed by atoms with E-state index in [2.05, 4.69) is 26.0 Å². The third kappa shape index (κ3) is 4.85. The highest BCUT2D eigenvalue weighted by Crippen LogP contribution is 2.29. The van der Waals surface area contributed by atoms with Crippen LogP contribution in [0.5, 0.6) is 11.5 Å². The second-order valence-electron chi connectivity index (χ2n) is 5.66. The standard InChI is InChI=1S/C21H26O3/c1-4-16-11-13-19(20(15-16)23-6-3)24-21(22)14-12-18-10-8-7-9-17(18)5-2/h7-11,13,15H,4-6,12,14H2,1-3H3. The van der Waals surface area contributed by atoms with E-state index in [0.717, 1.165) is 18.4 Å². The molecule has 0 bridgehead atoms. The van der Waals surface area contributed by atoms with Crippen LogP contribution in [-0.2, 0) is 24.1 Å². The Morgan fingerprint density at radius 3 is 2.33 bits per heavy atom. The molecule has 2 aromatic carbocycles. The van der Waals surface area contributed by atoms with Crippen LogP contribution < -0.4 is 9.47 Å². The third-order valence-electron chi connectivity index (χ3n) is 4.04. The zero-order chi connectivity index (χ0) is 17.4. The minimum atomic E-state index is -0.230. The van der Waals surface area contributed by atoms with E-state index in [1.54, 1.807) is 0 Å². The molecule has 3 heteroatoms. The Balaban J connectivity index is 2.01. The topological polar surface area (TPSA) is 35.5 Å². The lowest BCUT2D eigenvalue weighted by Gasteiger charge is -2.12. The quantitative estimate of drug-likeness (QED) is 0.519. The Bertz CT molecular complexity index is 677. The minimum Gasteiger partial charge on any atom is -0.490 e. The summed E-state index contributed by atoms with van der Waals surface area (Å²) in [5.74, 6) is 0.910. The Morgan fingerprint density at radius 1 is 0.917 bits per heavy atom. The normalized spacial score (nSPS) is 10.5. The first-order chi connectivity index (χ1) is 11.7. The van der Waals surface area contributed by atoms with Crippen molar-refractivity contribution >= 4 is 5.97 Å². The minimum absolute atomic E-state index is 0.230. The molecule has 0 aliphatic rings. The first-order valence-corrected chi connectivity index (χ1v) is 8.71. The van der Waals surface area contributed by atoms with Crippen LogP contribution in [-0.4, -0.2) is 12.6 Å². The maximum absolute atomic E-state index is 12.2. The largest absolute Gasteiger partial charge is 0.490 e. The van der Waals surface area contributed by atoms with Crippen LogP contribution >= 0.6 is 0 Å². The maximum Gasteiger partial charge on any atom is 0.311 e. The second-order valence-corrected chi connectivity index (χ2v) is 5.66. The molecule has 0 fully saturated rings. The van der Waals surface area contributed by atoms with Gasteiger partial charge in [0.1, 0.15) is 0 Å². The molecule has 2 aromatic rings. The summed E-state index contributed by atoms with van der Waals surface area (Å²) < 4.78 is 11.1. The fourth-order valence-corrected chi connectivity index (χ4v) is 2.68. The Kier molecular flexibility index (Phi) is 6.86. The van der Waals surface area contributed by atoms with Gasteiger partial charge >= 0.3 is 5.97 Å². The van der Waals surface area contributed by atoms with Crippen molar-refractivity contribution in [1.82, 2.24) is 0 Å². The van der Waals surface area contributed by atoms with Gasteiger partial charge in [-0.15, -0.1) is 0 Å². The van der Waals surface area contributed by atoms with Crippen LogP contribution in [0.15, 0.2) is 42.5 Å². The van der Waals surface area contributed by atoms with Crippen LogP contribution in [0, 0.1) is 0 Å². The molecule has 0 saturated carbocycles. The molecular weight excluding hydrogens is 300 g/mol. The molecule has 0 amide bonds. The molecule has 0 heterocycles. The van der Waals surface area contributed by atoms with Gasteiger partial charge < -0.3 is 9.47 Å². The average Bonchev–Trinajstić information content (AvgIpc) is 2.61. The van der Waals surface area contributed by atoms with Gasteiger partial charge in [-0.3, -0.25) is 4.79 Å². The SMILES string of the molecule is CCOc1cc(CC)ccc1OC(=O)CCc1ccccc1CC. The highest BCUT2D eigenvalue weighted by atomic mass is 16.6. The Hall–Kier alpha value is -2.29. The van der Waals surface area contributed by atoms with Crippen molar-refractivity contribution in [3.63, 3.8) is 0 Å². The van der Waals surface area contributed by atoms with Crippen molar-refractivity contribution in [3.05, 3.63) is 59.2 Å². The van der Waals surface area contributed by atoms with Gasteiger partial charge in [0.15, 0.2) is 11.5 Å². The summed E-state index contributed by atoms with van der Waals surface area (Å²) in [5, 5.41) is 0. The molecule has 0 unspecified atom stereocenters. The highest BCUT2D eigenvalue weighted by Gasteiger charge is 2.12.